The van der Waals surface area contributed by atoms with Crippen molar-refractivity contribution in [2.24, 2.45) is 17.8 Å². The first kappa shape index (κ1) is 30.9. The molecule has 0 spiro atoms. The van der Waals surface area contributed by atoms with Crippen molar-refractivity contribution in [3.8, 4) is 11.5 Å². The van der Waals surface area contributed by atoms with Crippen molar-refractivity contribution in [3.05, 3.63) is 77.4 Å². The maximum atomic E-state index is 13.0. The molecule has 0 heterocycles. The Kier molecular flexibility index (Phi) is 11.7. The number of carbonyl (C=O) groups is 3. The molecule has 0 aliphatic heterocycles. The Morgan fingerprint density at radius 3 is 2.17 bits per heavy atom. The number of carbonyl (C=O) groups excluding carboxylic acids is 3. The van der Waals surface area contributed by atoms with Crippen molar-refractivity contribution >= 4 is 23.8 Å². The van der Waals surface area contributed by atoms with Crippen molar-refractivity contribution in [1.82, 2.24) is 0 Å². The molecule has 2 aromatic carbocycles. The van der Waals surface area contributed by atoms with Crippen LogP contribution in [0, 0.1) is 17.8 Å². The van der Waals surface area contributed by atoms with Gasteiger partial charge in [-0.1, -0.05) is 39.5 Å². The summed E-state index contributed by atoms with van der Waals surface area (Å²) in [6, 6.07) is 14.2. The molecule has 2 unspecified atom stereocenters. The Hall–Kier alpha value is -3.67. The van der Waals surface area contributed by atoms with E-state index in [9.17, 15) is 14.4 Å². The maximum absolute atomic E-state index is 13.0. The number of unbranched alkanes of at least 4 members (excludes halogenated alkanes) is 3. The fourth-order valence-corrected chi connectivity index (χ4v) is 4.72. The van der Waals surface area contributed by atoms with Crippen LogP contribution in [-0.2, 0) is 14.3 Å². The van der Waals surface area contributed by atoms with Crippen molar-refractivity contribution in [2.45, 2.75) is 66.2 Å². The SMILES string of the molecule is C=C(C)C(=O)OCCCCCCOc1ccc(C(=O)Oc2ccc(/C=C3\C(=O)C(C(C)C)CCC3C)cc2)cc1. The second-order valence-electron chi connectivity index (χ2n) is 11.0. The number of hydrogen-bond donors (Lipinski definition) is 0. The lowest BCUT2D eigenvalue weighted by molar-refractivity contribution is -0.139. The van der Waals surface area contributed by atoms with E-state index in [1.165, 1.54) is 0 Å². The lowest BCUT2D eigenvalue weighted by Crippen LogP contribution is -2.30. The molecule has 6 nitrogen and oxygen atoms in total. The molecule has 6 heteroatoms. The Labute approximate surface area is 238 Å². The van der Waals surface area contributed by atoms with Crippen LogP contribution in [-0.4, -0.2) is 30.9 Å². The third kappa shape index (κ3) is 9.22. The van der Waals surface area contributed by atoms with E-state index in [1.807, 2.05) is 18.2 Å². The van der Waals surface area contributed by atoms with Gasteiger partial charge in [0.05, 0.1) is 18.8 Å². The van der Waals surface area contributed by atoms with Gasteiger partial charge in [-0.15, -0.1) is 0 Å². The molecule has 3 rings (SSSR count). The summed E-state index contributed by atoms with van der Waals surface area (Å²) in [6.07, 6.45) is 7.58. The van der Waals surface area contributed by atoms with E-state index in [4.69, 9.17) is 14.2 Å². The normalized spacial score (nSPS) is 18.0. The fraction of sp³-hybridized carbons (Fsp3) is 0.441. The first-order chi connectivity index (χ1) is 19.2. The molecule has 1 aliphatic rings. The standard InChI is InChI=1S/C34H42O6/c1-23(2)30-19-10-25(5)31(32(30)35)22-26-11-15-29(16-12-26)40-34(37)27-13-17-28(18-14-27)38-20-8-6-7-9-21-39-33(36)24(3)4/h11-18,22-23,25,30H,3,6-10,19-21H2,1-2,4-5H3/b31-22-. The summed E-state index contributed by atoms with van der Waals surface area (Å²) in [4.78, 5) is 36.9. The highest BCUT2D eigenvalue weighted by Gasteiger charge is 2.32. The van der Waals surface area contributed by atoms with E-state index in [1.54, 1.807) is 43.3 Å². The van der Waals surface area contributed by atoms with Crippen LogP contribution in [0.1, 0.15) is 82.1 Å². The van der Waals surface area contributed by atoms with Gasteiger partial charge in [-0.2, -0.15) is 0 Å². The molecule has 0 saturated heterocycles. The van der Waals surface area contributed by atoms with Gasteiger partial charge in [-0.05, 0) is 111 Å². The Bertz CT molecular complexity index is 1190. The zero-order chi connectivity index (χ0) is 29.1. The predicted molar refractivity (Wildman–Crippen MR) is 157 cm³/mol. The van der Waals surface area contributed by atoms with Crippen LogP contribution in [0.2, 0.25) is 0 Å². The minimum absolute atomic E-state index is 0.0935. The van der Waals surface area contributed by atoms with Crippen LogP contribution in [0.25, 0.3) is 6.08 Å². The van der Waals surface area contributed by atoms with E-state index in [0.29, 0.717) is 41.8 Å². The Morgan fingerprint density at radius 2 is 1.55 bits per heavy atom. The molecule has 1 saturated carbocycles. The Balaban J connectivity index is 1.42. The summed E-state index contributed by atoms with van der Waals surface area (Å²) >= 11 is 0. The molecule has 1 fully saturated rings. The topological polar surface area (TPSA) is 78.9 Å². The summed E-state index contributed by atoms with van der Waals surface area (Å²) in [7, 11) is 0. The van der Waals surface area contributed by atoms with E-state index in [2.05, 4.69) is 27.4 Å². The summed E-state index contributed by atoms with van der Waals surface area (Å²) in [5.41, 5.74) is 2.66. The number of rotatable bonds is 13. The molecule has 1 aliphatic carbocycles. The lowest BCUT2D eigenvalue weighted by atomic mass is 9.73. The average molecular weight is 547 g/mol. The quantitative estimate of drug-likeness (QED) is 0.111. The molecule has 0 radical (unpaired) electrons. The van der Waals surface area contributed by atoms with Crippen molar-refractivity contribution in [1.29, 1.82) is 0 Å². The summed E-state index contributed by atoms with van der Waals surface area (Å²) in [5, 5.41) is 0. The van der Waals surface area contributed by atoms with Gasteiger partial charge in [-0.3, -0.25) is 4.79 Å². The Morgan fingerprint density at radius 1 is 0.925 bits per heavy atom. The number of Topliss-reactive ketones (excluding diaryl/α,β-unsaturated/α-hetero) is 1. The summed E-state index contributed by atoms with van der Waals surface area (Å²) in [5.74, 6) is 1.29. The molecule has 40 heavy (non-hydrogen) atoms. The highest BCUT2D eigenvalue weighted by molar-refractivity contribution is 6.02. The molecular formula is C34H42O6. The number of allylic oxidation sites excluding steroid dienone is 1. The van der Waals surface area contributed by atoms with E-state index in [-0.39, 0.29) is 23.6 Å². The van der Waals surface area contributed by atoms with Gasteiger partial charge in [-0.25, -0.2) is 9.59 Å². The minimum Gasteiger partial charge on any atom is -0.494 e. The second-order valence-corrected chi connectivity index (χ2v) is 11.0. The third-order valence-electron chi connectivity index (χ3n) is 7.26. The smallest absolute Gasteiger partial charge is 0.343 e. The largest absolute Gasteiger partial charge is 0.494 e. The van der Waals surface area contributed by atoms with Gasteiger partial charge in [0.2, 0.25) is 0 Å². The highest BCUT2D eigenvalue weighted by atomic mass is 16.5. The molecule has 0 amide bonds. The maximum Gasteiger partial charge on any atom is 0.343 e. The average Bonchev–Trinajstić information content (AvgIpc) is 2.93. The van der Waals surface area contributed by atoms with Crippen LogP contribution in [0.5, 0.6) is 11.5 Å². The van der Waals surface area contributed by atoms with Crippen LogP contribution >= 0.6 is 0 Å². The monoisotopic (exact) mass is 546 g/mol. The molecule has 0 bridgehead atoms. The van der Waals surface area contributed by atoms with Crippen LogP contribution in [0.15, 0.2) is 66.3 Å². The van der Waals surface area contributed by atoms with Crippen molar-refractivity contribution < 1.29 is 28.6 Å². The van der Waals surface area contributed by atoms with Gasteiger partial charge >= 0.3 is 11.9 Å². The summed E-state index contributed by atoms with van der Waals surface area (Å²) < 4.78 is 16.4. The molecule has 0 N–H and O–H groups in total. The fourth-order valence-electron chi connectivity index (χ4n) is 4.72. The number of benzene rings is 2. The zero-order valence-corrected chi connectivity index (χ0v) is 24.2. The van der Waals surface area contributed by atoms with Crippen LogP contribution < -0.4 is 9.47 Å². The van der Waals surface area contributed by atoms with Gasteiger partial charge in [0, 0.05) is 11.5 Å². The first-order valence-corrected chi connectivity index (χ1v) is 14.3. The van der Waals surface area contributed by atoms with Crippen molar-refractivity contribution in [3.63, 3.8) is 0 Å². The lowest BCUT2D eigenvalue weighted by Gasteiger charge is -2.30. The number of hydrogen-bond acceptors (Lipinski definition) is 6. The van der Waals surface area contributed by atoms with Gasteiger partial charge in [0.15, 0.2) is 5.78 Å². The van der Waals surface area contributed by atoms with Crippen molar-refractivity contribution in [2.75, 3.05) is 13.2 Å². The second kappa shape index (κ2) is 15.2. The van der Waals surface area contributed by atoms with E-state index < -0.39 is 5.97 Å². The van der Waals surface area contributed by atoms with E-state index >= 15 is 0 Å². The van der Waals surface area contributed by atoms with E-state index in [0.717, 1.165) is 49.7 Å². The minimum atomic E-state index is -0.444. The number of ether oxygens (including phenoxy) is 3. The molecule has 2 atom stereocenters. The molecule has 2 aromatic rings. The molecular weight excluding hydrogens is 504 g/mol. The van der Waals surface area contributed by atoms with Crippen LogP contribution in [0.4, 0.5) is 0 Å². The molecule has 214 valence electrons. The molecule has 0 aromatic heterocycles. The number of ketones is 1. The van der Waals surface area contributed by atoms with Gasteiger partial charge in [0.25, 0.3) is 0 Å². The highest BCUT2D eigenvalue weighted by Crippen LogP contribution is 2.35. The van der Waals surface area contributed by atoms with Gasteiger partial charge in [0.1, 0.15) is 11.5 Å². The zero-order valence-electron chi connectivity index (χ0n) is 24.2. The van der Waals surface area contributed by atoms with Gasteiger partial charge < -0.3 is 14.2 Å². The number of esters is 2. The third-order valence-corrected chi connectivity index (χ3v) is 7.26. The first-order valence-electron chi connectivity index (χ1n) is 14.3. The predicted octanol–water partition coefficient (Wildman–Crippen LogP) is 7.62. The summed E-state index contributed by atoms with van der Waals surface area (Å²) in [6.45, 7) is 12.5. The van der Waals surface area contributed by atoms with Crippen LogP contribution in [0.3, 0.4) is 0 Å².